The molecule has 70 valence electrons. The largest absolute Gasteiger partial charge is 1.00 e. The molecule has 0 radical (unpaired) electrons. The number of hydrogen-bond acceptors (Lipinski definition) is 0. The molecule has 0 saturated carbocycles. The Hall–Kier alpha value is 0.250. The van der Waals surface area contributed by atoms with E-state index in [9.17, 15) is 0 Å². The van der Waals surface area contributed by atoms with Crippen LogP contribution in [0.4, 0.5) is 0 Å². The highest BCUT2D eigenvalue weighted by Gasteiger charge is 2.21. The molecule has 2 heteroatoms. The van der Waals surface area contributed by atoms with E-state index >= 15 is 0 Å². The minimum absolute atomic E-state index is 0. The molecule has 0 unspecified atom stereocenters. The van der Waals surface area contributed by atoms with E-state index in [1.165, 1.54) is 23.9 Å². The number of quaternary nitrogens is 1. The Labute approximate surface area is 77.8 Å². The molecule has 0 saturated heterocycles. The van der Waals surface area contributed by atoms with Crippen LogP contribution in [-0.2, 0) is 0 Å². The third-order valence-corrected chi connectivity index (χ3v) is 2.75. The maximum absolute atomic E-state index is 2.32. The van der Waals surface area contributed by atoms with Crippen molar-refractivity contribution in [2.45, 2.75) is 39.7 Å². The van der Waals surface area contributed by atoms with E-state index in [-0.39, 0.29) is 12.4 Å². The molecule has 0 aliphatic rings. The van der Waals surface area contributed by atoms with Gasteiger partial charge in [0.2, 0.25) is 0 Å². The minimum atomic E-state index is 0. The van der Waals surface area contributed by atoms with E-state index in [4.69, 9.17) is 0 Å². The minimum Gasteiger partial charge on any atom is -1.00 e. The molecular weight excluding hydrogens is 158 g/mol. The molecule has 0 atom stereocenters. The molecule has 11 heavy (non-hydrogen) atoms. The lowest BCUT2D eigenvalue weighted by molar-refractivity contribution is -0.913. The molecule has 0 aliphatic carbocycles. The zero-order valence-electron chi connectivity index (χ0n) is 8.52. The third kappa shape index (κ3) is 3.97. The predicted octanol–water partition coefficient (Wildman–Crippen LogP) is -0.725. The van der Waals surface area contributed by atoms with Crippen molar-refractivity contribution in [1.82, 2.24) is 0 Å². The van der Waals surface area contributed by atoms with Gasteiger partial charge in [0.25, 0.3) is 0 Å². The van der Waals surface area contributed by atoms with Crippen molar-refractivity contribution in [2.24, 2.45) is 0 Å². The number of halogens is 1. The molecule has 0 fully saturated rings. The van der Waals surface area contributed by atoms with Crippen molar-refractivity contribution in [3.63, 3.8) is 0 Å². The molecule has 0 rings (SSSR count). The summed E-state index contributed by atoms with van der Waals surface area (Å²) in [6.45, 7) is 8.07. The predicted molar refractivity (Wildman–Crippen MR) is 47.0 cm³/mol. The molecule has 0 spiro atoms. The molecule has 1 nitrogen and oxygen atoms in total. The van der Waals surface area contributed by atoms with Crippen molar-refractivity contribution in [2.75, 3.05) is 20.6 Å². The van der Waals surface area contributed by atoms with Crippen LogP contribution in [0.15, 0.2) is 0 Å². The normalized spacial score (nSPS) is 11.5. The van der Waals surface area contributed by atoms with Gasteiger partial charge >= 0.3 is 0 Å². The fourth-order valence-corrected chi connectivity index (χ4v) is 1.54. The van der Waals surface area contributed by atoms with Gasteiger partial charge in [-0.2, -0.15) is 0 Å². The lowest BCUT2D eigenvalue weighted by Gasteiger charge is -2.36. The third-order valence-electron chi connectivity index (χ3n) is 2.75. The quantitative estimate of drug-likeness (QED) is 0.500. The van der Waals surface area contributed by atoms with Crippen molar-refractivity contribution < 1.29 is 16.9 Å². The molecule has 0 amide bonds. The smallest absolute Gasteiger partial charge is 0.0880 e. The molecule has 0 heterocycles. The summed E-state index contributed by atoms with van der Waals surface area (Å²) < 4.78 is 1.17. The van der Waals surface area contributed by atoms with E-state index < -0.39 is 0 Å². The fourth-order valence-electron chi connectivity index (χ4n) is 1.54. The van der Waals surface area contributed by atoms with Crippen LogP contribution < -0.4 is 12.4 Å². The van der Waals surface area contributed by atoms with Crippen LogP contribution in [0.1, 0.15) is 33.6 Å². The first-order valence-corrected chi connectivity index (χ1v) is 4.41. The lowest BCUT2D eigenvalue weighted by Crippen LogP contribution is -3.00. The van der Waals surface area contributed by atoms with E-state index in [1.54, 1.807) is 0 Å². The van der Waals surface area contributed by atoms with Crippen LogP contribution in [0.5, 0.6) is 0 Å². The van der Waals surface area contributed by atoms with Crippen molar-refractivity contribution in [1.29, 1.82) is 0 Å². The van der Waals surface area contributed by atoms with Gasteiger partial charge in [-0.25, -0.2) is 0 Å². The molecular formula is C9H22ClN. The van der Waals surface area contributed by atoms with Gasteiger partial charge in [0, 0.05) is 0 Å². The second-order valence-corrected chi connectivity index (χ2v) is 3.57. The highest BCUT2D eigenvalue weighted by atomic mass is 35.5. The second-order valence-electron chi connectivity index (χ2n) is 3.57. The molecule has 0 aliphatic heterocycles. The van der Waals surface area contributed by atoms with E-state index in [0.717, 1.165) is 6.04 Å². The number of hydrogen-bond donors (Lipinski definition) is 0. The van der Waals surface area contributed by atoms with Gasteiger partial charge in [-0.05, 0) is 19.8 Å². The summed E-state index contributed by atoms with van der Waals surface area (Å²) in [6, 6.07) is 0.852. The molecule has 0 aromatic carbocycles. The highest BCUT2D eigenvalue weighted by Crippen LogP contribution is 2.12. The van der Waals surface area contributed by atoms with Crippen molar-refractivity contribution >= 4 is 0 Å². The fraction of sp³-hybridized carbons (Fsp3) is 1.00. The highest BCUT2D eigenvalue weighted by molar-refractivity contribution is 4.51. The van der Waals surface area contributed by atoms with Crippen LogP contribution in [-0.4, -0.2) is 31.2 Å². The number of rotatable bonds is 4. The zero-order chi connectivity index (χ0) is 8.20. The Morgan fingerprint density at radius 3 is 1.45 bits per heavy atom. The van der Waals surface area contributed by atoms with Crippen LogP contribution in [0.25, 0.3) is 0 Å². The Morgan fingerprint density at radius 2 is 1.36 bits per heavy atom. The van der Waals surface area contributed by atoms with E-state index in [1.807, 2.05) is 0 Å². The summed E-state index contributed by atoms with van der Waals surface area (Å²) in [5, 5.41) is 0. The van der Waals surface area contributed by atoms with Gasteiger partial charge in [-0.3, -0.25) is 0 Å². The maximum atomic E-state index is 2.32. The summed E-state index contributed by atoms with van der Waals surface area (Å²) in [5.41, 5.74) is 0. The summed E-state index contributed by atoms with van der Waals surface area (Å²) in [6.07, 6.45) is 2.61. The SMILES string of the molecule is CCC(CC)[N+](C)(C)CC.[Cl-]. The Morgan fingerprint density at radius 1 is 1.00 bits per heavy atom. The van der Waals surface area contributed by atoms with Gasteiger partial charge in [0.05, 0.1) is 26.7 Å². The average Bonchev–Trinajstić information content (AvgIpc) is 1.90. The first-order valence-electron chi connectivity index (χ1n) is 4.41. The van der Waals surface area contributed by atoms with E-state index in [0.29, 0.717) is 0 Å². The van der Waals surface area contributed by atoms with Gasteiger partial charge in [0.1, 0.15) is 0 Å². The van der Waals surface area contributed by atoms with Crippen LogP contribution in [0, 0.1) is 0 Å². The standard InChI is InChI=1S/C9H22N.ClH/c1-6-9(7-2)10(4,5)8-3;/h9H,6-8H2,1-5H3;1H/q+1;/p-1. The molecule has 0 aromatic rings. The summed E-state index contributed by atoms with van der Waals surface area (Å²) in [7, 11) is 4.63. The summed E-state index contributed by atoms with van der Waals surface area (Å²) >= 11 is 0. The van der Waals surface area contributed by atoms with Gasteiger partial charge in [-0.15, -0.1) is 0 Å². The van der Waals surface area contributed by atoms with Crippen molar-refractivity contribution in [3.8, 4) is 0 Å². The molecule has 0 N–H and O–H groups in total. The lowest BCUT2D eigenvalue weighted by atomic mass is 10.1. The van der Waals surface area contributed by atoms with Crippen LogP contribution in [0.2, 0.25) is 0 Å². The van der Waals surface area contributed by atoms with Crippen molar-refractivity contribution in [3.05, 3.63) is 0 Å². The Bertz CT molecular complexity index is 87.6. The average molecular weight is 180 g/mol. The first kappa shape index (κ1) is 13.8. The molecule has 0 aromatic heterocycles. The second kappa shape index (κ2) is 5.84. The van der Waals surface area contributed by atoms with Gasteiger partial charge in [0.15, 0.2) is 0 Å². The first-order chi connectivity index (χ1) is 4.58. The summed E-state index contributed by atoms with van der Waals surface area (Å²) in [4.78, 5) is 0. The van der Waals surface area contributed by atoms with Crippen LogP contribution >= 0.6 is 0 Å². The molecule has 0 bridgehead atoms. The summed E-state index contributed by atoms with van der Waals surface area (Å²) in [5.74, 6) is 0. The topological polar surface area (TPSA) is 0 Å². The van der Waals surface area contributed by atoms with Gasteiger partial charge in [-0.1, -0.05) is 13.8 Å². The monoisotopic (exact) mass is 179 g/mol. The Balaban J connectivity index is 0. The Kier molecular flexibility index (Phi) is 7.34. The van der Waals surface area contributed by atoms with E-state index in [2.05, 4.69) is 34.9 Å². The maximum Gasteiger partial charge on any atom is 0.0880 e. The zero-order valence-corrected chi connectivity index (χ0v) is 9.28. The van der Waals surface area contributed by atoms with Crippen LogP contribution in [0.3, 0.4) is 0 Å². The van der Waals surface area contributed by atoms with Gasteiger partial charge < -0.3 is 16.9 Å². The number of nitrogens with zero attached hydrogens (tertiary/aromatic N) is 1.